The van der Waals surface area contributed by atoms with E-state index in [1.807, 2.05) is 0 Å². The Bertz CT molecular complexity index is 338. The summed E-state index contributed by atoms with van der Waals surface area (Å²) in [6.07, 6.45) is 0. The number of rotatable bonds is 1. The molecule has 0 saturated heterocycles. The molecule has 0 spiro atoms. The summed E-state index contributed by atoms with van der Waals surface area (Å²) in [7, 11) is -2.83. The third kappa shape index (κ3) is 1.74. The Labute approximate surface area is 63.4 Å². The Kier molecular flexibility index (Phi) is 2.19. The Hall–Kier alpha value is -0.970. The van der Waals surface area contributed by atoms with Gasteiger partial charge in [-0.1, -0.05) is 0 Å². The molecule has 0 aromatic heterocycles. The summed E-state index contributed by atoms with van der Waals surface area (Å²) in [6.45, 7) is 0. The van der Waals surface area contributed by atoms with Crippen molar-refractivity contribution in [3.63, 3.8) is 0 Å². The molecule has 0 N–H and O–H groups in total. The van der Waals surface area contributed by atoms with Crippen molar-refractivity contribution in [1.82, 2.24) is 0 Å². The lowest BCUT2D eigenvalue weighted by atomic mass is 10.3. The van der Waals surface area contributed by atoms with Gasteiger partial charge in [0.15, 0.2) is 22.3 Å². The molecule has 0 bridgehead atoms. The zero-order chi connectivity index (χ0) is 8.43. The fourth-order valence-electron chi connectivity index (χ4n) is 0.599. The van der Waals surface area contributed by atoms with E-state index in [0.29, 0.717) is 6.07 Å². The fraction of sp³-hybridized carbons (Fsp3) is 0. The maximum atomic E-state index is 12.3. The van der Waals surface area contributed by atoms with Crippen molar-refractivity contribution in [2.75, 3.05) is 0 Å². The normalized spacial score (nSPS) is 10.5. The summed E-state index contributed by atoms with van der Waals surface area (Å²) in [5, 5.41) is 0. The summed E-state index contributed by atoms with van der Waals surface area (Å²) in [4.78, 5) is -0.223. The number of thiol groups is 1. The minimum atomic E-state index is -2.83. The van der Waals surface area contributed by atoms with Crippen molar-refractivity contribution in [3.8, 4) is 0 Å². The van der Waals surface area contributed by atoms with Crippen LogP contribution in [-0.2, 0) is 10.7 Å². The van der Waals surface area contributed by atoms with Gasteiger partial charge in [0, 0.05) is 0 Å². The number of hydrogen-bond acceptors (Lipinski definition) is 2. The second kappa shape index (κ2) is 2.96. The molecule has 1 aromatic rings. The van der Waals surface area contributed by atoms with E-state index in [0.717, 1.165) is 12.1 Å². The van der Waals surface area contributed by atoms with Gasteiger partial charge in [0.05, 0.1) is 4.90 Å². The number of hydrogen-bond donors (Lipinski definition) is 1. The van der Waals surface area contributed by atoms with Crippen LogP contribution in [-0.4, -0.2) is 8.42 Å². The maximum absolute atomic E-state index is 12.3. The second-order valence-electron chi connectivity index (χ2n) is 1.86. The first-order chi connectivity index (χ1) is 5.11. The van der Waals surface area contributed by atoms with Crippen LogP contribution in [0, 0.1) is 11.6 Å². The SMILES string of the molecule is O=[SH](=O)c1ccc(F)c(F)c1. The molecular formula is C6H4F2O2S. The molecule has 0 aliphatic rings. The van der Waals surface area contributed by atoms with Gasteiger partial charge < -0.3 is 0 Å². The van der Waals surface area contributed by atoms with E-state index in [2.05, 4.69) is 0 Å². The van der Waals surface area contributed by atoms with Crippen LogP contribution in [0.5, 0.6) is 0 Å². The van der Waals surface area contributed by atoms with Crippen LogP contribution in [0.25, 0.3) is 0 Å². The largest absolute Gasteiger partial charge is 0.227 e. The topological polar surface area (TPSA) is 34.1 Å². The lowest BCUT2D eigenvalue weighted by molar-refractivity contribution is 0.505. The van der Waals surface area contributed by atoms with E-state index >= 15 is 0 Å². The van der Waals surface area contributed by atoms with Crippen LogP contribution in [0.2, 0.25) is 0 Å². The van der Waals surface area contributed by atoms with Crippen LogP contribution >= 0.6 is 0 Å². The van der Waals surface area contributed by atoms with Gasteiger partial charge in [0.1, 0.15) is 0 Å². The van der Waals surface area contributed by atoms with Crippen molar-refractivity contribution < 1.29 is 17.2 Å². The average molecular weight is 178 g/mol. The standard InChI is InChI=1S/C6H4F2O2S/c7-5-2-1-4(11(9)10)3-6(5)8/h1-3,11H. The van der Waals surface area contributed by atoms with Crippen molar-refractivity contribution in [1.29, 1.82) is 0 Å². The summed E-state index contributed by atoms with van der Waals surface area (Å²) in [6, 6.07) is 2.42. The first kappa shape index (κ1) is 8.13. The zero-order valence-corrected chi connectivity index (χ0v) is 6.15. The molecule has 1 aromatic carbocycles. The van der Waals surface area contributed by atoms with Gasteiger partial charge in [-0.25, -0.2) is 17.2 Å². The molecule has 0 heterocycles. The Balaban J connectivity index is 3.26. The monoisotopic (exact) mass is 178 g/mol. The van der Waals surface area contributed by atoms with Crippen molar-refractivity contribution in [2.24, 2.45) is 0 Å². The molecule has 0 saturated carbocycles. The van der Waals surface area contributed by atoms with E-state index in [4.69, 9.17) is 0 Å². The molecule has 60 valence electrons. The van der Waals surface area contributed by atoms with Gasteiger partial charge in [-0.15, -0.1) is 0 Å². The van der Waals surface area contributed by atoms with E-state index in [1.165, 1.54) is 0 Å². The van der Waals surface area contributed by atoms with Gasteiger partial charge in [-0.2, -0.15) is 0 Å². The number of benzene rings is 1. The fourth-order valence-corrected chi connectivity index (χ4v) is 1.01. The van der Waals surface area contributed by atoms with Crippen LogP contribution in [0.4, 0.5) is 8.78 Å². The smallest absolute Gasteiger partial charge is 0.168 e. The van der Waals surface area contributed by atoms with Gasteiger partial charge in [-0.3, -0.25) is 0 Å². The lowest BCUT2D eigenvalue weighted by Gasteiger charge is -1.91. The highest BCUT2D eigenvalue weighted by Crippen LogP contribution is 2.08. The lowest BCUT2D eigenvalue weighted by Crippen LogP contribution is -1.86. The molecule has 2 nitrogen and oxygen atoms in total. The minimum Gasteiger partial charge on any atom is -0.227 e. The zero-order valence-electron chi connectivity index (χ0n) is 5.25. The minimum absolute atomic E-state index is 0.223. The van der Waals surface area contributed by atoms with Crippen LogP contribution in [0.15, 0.2) is 23.1 Å². The molecule has 11 heavy (non-hydrogen) atoms. The molecule has 0 atom stereocenters. The molecule has 0 unspecified atom stereocenters. The Morgan fingerprint density at radius 3 is 2.18 bits per heavy atom. The molecule has 1 rings (SSSR count). The second-order valence-corrected chi connectivity index (χ2v) is 2.89. The third-order valence-corrected chi connectivity index (χ3v) is 1.81. The van der Waals surface area contributed by atoms with Gasteiger partial charge in [0.2, 0.25) is 0 Å². The van der Waals surface area contributed by atoms with E-state index in [1.54, 1.807) is 0 Å². The highest BCUT2D eigenvalue weighted by atomic mass is 32.2. The van der Waals surface area contributed by atoms with Gasteiger partial charge in [0.25, 0.3) is 0 Å². The predicted molar refractivity (Wildman–Crippen MR) is 34.9 cm³/mol. The van der Waals surface area contributed by atoms with Crippen LogP contribution in [0.3, 0.4) is 0 Å². The average Bonchev–Trinajstić information content (AvgIpc) is 1.94. The summed E-state index contributed by atoms with van der Waals surface area (Å²) in [5.74, 6) is -2.20. The highest BCUT2D eigenvalue weighted by Gasteiger charge is 2.02. The van der Waals surface area contributed by atoms with Crippen LogP contribution in [0.1, 0.15) is 0 Å². The molecule has 0 aliphatic carbocycles. The Morgan fingerprint density at radius 1 is 1.09 bits per heavy atom. The summed E-state index contributed by atoms with van der Waals surface area (Å²) >= 11 is 0. The third-order valence-electron chi connectivity index (χ3n) is 1.11. The summed E-state index contributed by atoms with van der Waals surface area (Å²) in [5.41, 5.74) is 0. The summed E-state index contributed by atoms with van der Waals surface area (Å²) < 4.78 is 44.9. The van der Waals surface area contributed by atoms with E-state index in [-0.39, 0.29) is 4.90 Å². The van der Waals surface area contributed by atoms with Crippen LogP contribution < -0.4 is 0 Å². The van der Waals surface area contributed by atoms with Crippen molar-refractivity contribution in [2.45, 2.75) is 4.90 Å². The first-order valence-corrected chi connectivity index (χ1v) is 3.88. The van der Waals surface area contributed by atoms with E-state index < -0.39 is 22.3 Å². The maximum Gasteiger partial charge on any atom is 0.168 e. The predicted octanol–water partition coefficient (Wildman–Crippen LogP) is 0.935. The highest BCUT2D eigenvalue weighted by molar-refractivity contribution is 7.72. The van der Waals surface area contributed by atoms with Gasteiger partial charge in [-0.05, 0) is 18.2 Å². The molecule has 0 aliphatic heterocycles. The van der Waals surface area contributed by atoms with E-state index in [9.17, 15) is 17.2 Å². The molecule has 5 heteroatoms. The molecular weight excluding hydrogens is 174 g/mol. The Morgan fingerprint density at radius 2 is 1.73 bits per heavy atom. The molecule has 0 fully saturated rings. The first-order valence-electron chi connectivity index (χ1n) is 2.70. The molecule has 0 amide bonds. The van der Waals surface area contributed by atoms with Crippen molar-refractivity contribution in [3.05, 3.63) is 29.8 Å². The quantitative estimate of drug-likeness (QED) is 0.649. The molecule has 0 radical (unpaired) electrons. The van der Waals surface area contributed by atoms with Gasteiger partial charge >= 0.3 is 0 Å². The van der Waals surface area contributed by atoms with Crippen molar-refractivity contribution >= 4 is 10.7 Å². The number of halogens is 2.